The summed E-state index contributed by atoms with van der Waals surface area (Å²) in [6, 6.07) is 8.82. The van der Waals surface area contributed by atoms with E-state index in [0.717, 1.165) is 0 Å². The molecule has 0 N–H and O–H groups in total. The SMILES string of the molecule is CCCCN(CCCC)c1cccc(I)c1. The number of unbranched alkanes of at least 4 members (excludes halogenated alkanes) is 2. The van der Waals surface area contributed by atoms with Crippen molar-refractivity contribution >= 4 is 28.3 Å². The Balaban J connectivity index is 2.66. The highest BCUT2D eigenvalue weighted by atomic mass is 127. The van der Waals surface area contributed by atoms with Gasteiger partial charge in [0.05, 0.1) is 0 Å². The van der Waals surface area contributed by atoms with E-state index in [-0.39, 0.29) is 0 Å². The van der Waals surface area contributed by atoms with Crippen molar-refractivity contribution in [2.24, 2.45) is 0 Å². The molecule has 0 aliphatic heterocycles. The lowest BCUT2D eigenvalue weighted by Gasteiger charge is -2.24. The van der Waals surface area contributed by atoms with Crippen LogP contribution < -0.4 is 4.90 Å². The monoisotopic (exact) mass is 331 g/mol. The molecular formula is C14H22IN. The highest BCUT2D eigenvalue weighted by molar-refractivity contribution is 14.1. The zero-order valence-corrected chi connectivity index (χ0v) is 12.5. The van der Waals surface area contributed by atoms with E-state index in [9.17, 15) is 0 Å². The molecule has 0 heterocycles. The zero-order chi connectivity index (χ0) is 11.8. The third-order valence-corrected chi connectivity index (χ3v) is 3.41. The van der Waals surface area contributed by atoms with Crippen molar-refractivity contribution in [3.05, 3.63) is 27.8 Å². The molecule has 0 amide bonds. The average Bonchev–Trinajstić information content (AvgIpc) is 2.29. The molecule has 0 aliphatic carbocycles. The van der Waals surface area contributed by atoms with Gasteiger partial charge >= 0.3 is 0 Å². The van der Waals surface area contributed by atoms with Gasteiger partial charge < -0.3 is 4.90 Å². The molecule has 0 aromatic heterocycles. The standard InChI is InChI=1S/C14H22IN/c1-3-5-10-16(11-6-4-2)14-9-7-8-13(15)12-14/h7-9,12H,3-6,10-11H2,1-2H3. The molecule has 0 bridgehead atoms. The Hall–Kier alpha value is -0.250. The molecule has 0 saturated carbocycles. The molecule has 1 rings (SSSR count). The van der Waals surface area contributed by atoms with Gasteiger partial charge in [0.2, 0.25) is 0 Å². The van der Waals surface area contributed by atoms with Gasteiger partial charge in [0.1, 0.15) is 0 Å². The van der Waals surface area contributed by atoms with Gasteiger partial charge in [-0.05, 0) is 53.6 Å². The van der Waals surface area contributed by atoms with Crippen LogP contribution in [0.2, 0.25) is 0 Å². The van der Waals surface area contributed by atoms with Crippen molar-refractivity contribution in [1.82, 2.24) is 0 Å². The quantitative estimate of drug-likeness (QED) is 0.655. The van der Waals surface area contributed by atoms with E-state index in [4.69, 9.17) is 0 Å². The Kier molecular flexibility index (Phi) is 6.85. The Morgan fingerprint density at radius 3 is 2.19 bits per heavy atom. The summed E-state index contributed by atoms with van der Waals surface area (Å²) in [6.07, 6.45) is 5.11. The van der Waals surface area contributed by atoms with Crippen LogP contribution >= 0.6 is 22.6 Å². The Bertz CT molecular complexity index is 291. The fourth-order valence-electron chi connectivity index (χ4n) is 1.74. The van der Waals surface area contributed by atoms with Crippen LogP contribution in [-0.4, -0.2) is 13.1 Å². The van der Waals surface area contributed by atoms with Crippen LogP contribution in [0.3, 0.4) is 0 Å². The van der Waals surface area contributed by atoms with Gasteiger partial charge in [-0.3, -0.25) is 0 Å². The number of halogens is 1. The second kappa shape index (κ2) is 7.93. The fraction of sp³-hybridized carbons (Fsp3) is 0.571. The molecule has 0 radical (unpaired) electrons. The predicted molar refractivity (Wildman–Crippen MR) is 81.2 cm³/mol. The number of hydrogen-bond acceptors (Lipinski definition) is 1. The highest BCUT2D eigenvalue weighted by Crippen LogP contribution is 2.18. The first kappa shape index (κ1) is 13.8. The molecule has 90 valence electrons. The van der Waals surface area contributed by atoms with Crippen LogP contribution in [0.1, 0.15) is 39.5 Å². The molecule has 0 unspecified atom stereocenters. The van der Waals surface area contributed by atoms with E-state index in [1.165, 1.54) is 48.0 Å². The summed E-state index contributed by atoms with van der Waals surface area (Å²) in [5.74, 6) is 0. The van der Waals surface area contributed by atoms with Gasteiger partial charge in [0, 0.05) is 22.3 Å². The summed E-state index contributed by atoms with van der Waals surface area (Å²) >= 11 is 2.39. The Morgan fingerprint density at radius 2 is 1.69 bits per heavy atom. The minimum atomic E-state index is 1.19. The highest BCUT2D eigenvalue weighted by Gasteiger charge is 2.05. The maximum atomic E-state index is 2.52. The normalized spacial score (nSPS) is 10.4. The topological polar surface area (TPSA) is 3.24 Å². The van der Waals surface area contributed by atoms with E-state index in [1.54, 1.807) is 0 Å². The van der Waals surface area contributed by atoms with Crippen molar-refractivity contribution in [1.29, 1.82) is 0 Å². The maximum absolute atomic E-state index is 2.52. The fourth-order valence-corrected chi connectivity index (χ4v) is 2.27. The van der Waals surface area contributed by atoms with E-state index >= 15 is 0 Å². The Morgan fingerprint density at radius 1 is 1.06 bits per heavy atom. The number of anilines is 1. The van der Waals surface area contributed by atoms with Crippen LogP contribution in [0.15, 0.2) is 24.3 Å². The van der Waals surface area contributed by atoms with Gasteiger partial charge in [-0.2, -0.15) is 0 Å². The van der Waals surface area contributed by atoms with Crippen molar-refractivity contribution in [2.45, 2.75) is 39.5 Å². The van der Waals surface area contributed by atoms with E-state index in [0.29, 0.717) is 0 Å². The van der Waals surface area contributed by atoms with E-state index in [2.05, 4.69) is 65.6 Å². The van der Waals surface area contributed by atoms with E-state index < -0.39 is 0 Å². The molecule has 0 fully saturated rings. The Labute approximate surface area is 113 Å². The molecular weight excluding hydrogens is 309 g/mol. The summed E-state index contributed by atoms with van der Waals surface area (Å²) < 4.78 is 1.33. The van der Waals surface area contributed by atoms with Crippen LogP contribution in [0.5, 0.6) is 0 Å². The third-order valence-electron chi connectivity index (χ3n) is 2.74. The van der Waals surface area contributed by atoms with Gasteiger partial charge in [-0.1, -0.05) is 32.8 Å². The predicted octanol–water partition coefficient (Wildman–Crippen LogP) is 4.70. The molecule has 0 saturated heterocycles. The number of nitrogens with zero attached hydrogens (tertiary/aromatic N) is 1. The number of rotatable bonds is 7. The van der Waals surface area contributed by atoms with Crippen LogP contribution in [0.4, 0.5) is 5.69 Å². The summed E-state index contributed by atoms with van der Waals surface area (Å²) in [7, 11) is 0. The van der Waals surface area contributed by atoms with Gasteiger partial charge in [0.15, 0.2) is 0 Å². The first-order valence-electron chi connectivity index (χ1n) is 6.28. The molecule has 1 nitrogen and oxygen atoms in total. The lowest BCUT2D eigenvalue weighted by Crippen LogP contribution is -2.25. The zero-order valence-electron chi connectivity index (χ0n) is 10.4. The van der Waals surface area contributed by atoms with Crippen molar-refractivity contribution in [3.63, 3.8) is 0 Å². The average molecular weight is 331 g/mol. The van der Waals surface area contributed by atoms with Crippen molar-refractivity contribution < 1.29 is 0 Å². The molecule has 1 aromatic carbocycles. The minimum Gasteiger partial charge on any atom is -0.372 e. The lowest BCUT2D eigenvalue weighted by atomic mass is 10.2. The molecule has 0 aliphatic rings. The smallest absolute Gasteiger partial charge is 0.0376 e. The van der Waals surface area contributed by atoms with Gasteiger partial charge in [0.25, 0.3) is 0 Å². The summed E-state index contributed by atoms with van der Waals surface area (Å²) in [5, 5.41) is 0. The number of hydrogen-bond donors (Lipinski definition) is 0. The summed E-state index contributed by atoms with van der Waals surface area (Å²) in [6.45, 7) is 6.90. The first-order valence-corrected chi connectivity index (χ1v) is 7.36. The van der Waals surface area contributed by atoms with Crippen LogP contribution in [0, 0.1) is 3.57 Å². The van der Waals surface area contributed by atoms with E-state index in [1.807, 2.05) is 0 Å². The molecule has 0 spiro atoms. The van der Waals surface area contributed by atoms with Gasteiger partial charge in [-0.15, -0.1) is 0 Å². The van der Waals surface area contributed by atoms with Crippen LogP contribution in [-0.2, 0) is 0 Å². The van der Waals surface area contributed by atoms with Crippen molar-refractivity contribution in [3.8, 4) is 0 Å². The van der Waals surface area contributed by atoms with Crippen molar-refractivity contribution in [2.75, 3.05) is 18.0 Å². The summed E-state index contributed by atoms with van der Waals surface area (Å²) in [5.41, 5.74) is 1.38. The first-order chi connectivity index (χ1) is 7.77. The lowest BCUT2D eigenvalue weighted by molar-refractivity contribution is 0.678. The summed E-state index contributed by atoms with van der Waals surface area (Å²) in [4.78, 5) is 2.52. The van der Waals surface area contributed by atoms with Gasteiger partial charge in [-0.25, -0.2) is 0 Å². The second-order valence-electron chi connectivity index (χ2n) is 4.17. The number of benzene rings is 1. The molecule has 1 aromatic rings. The molecule has 16 heavy (non-hydrogen) atoms. The largest absolute Gasteiger partial charge is 0.372 e. The molecule has 0 atom stereocenters. The maximum Gasteiger partial charge on any atom is 0.0376 e. The van der Waals surface area contributed by atoms with Crippen LogP contribution in [0.25, 0.3) is 0 Å². The third kappa shape index (κ3) is 4.73. The second-order valence-corrected chi connectivity index (χ2v) is 5.42. The molecule has 2 heteroatoms. The minimum absolute atomic E-state index is 1.19.